The van der Waals surface area contributed by atoms with Crippen LogP contribution in [0.5, 0.6) is 17.2 Å². The molecule has 0 unspecified atom stereocenters. The van der Waals surface area contributed by atoms with Crippen LogP contribution < -0.4 is 19.5 Å². The van der Waals surface area contributed by atoms with Gasteiger partial charge in [0.25, 0.3) is 5.91 Å². The lowest BCUT2D eigenvalue weighted by atomic mass is 10.2. The summed E-state index contributed by atoms with van der Waals surface area (Å²) in [7, 11) is 0. The van der Waals surface area contributed by atoms with Crippen LogP contribution in [0.4, 0.5) is 5.69 Å². The normalized spacial score (nSPS) is 10.4. The van der Waals surface area contributed by atoms with Gasteiger partial charge in [0.05, 0.1) is 18.8 Å². The summed E-state index contributed by atoms with van der Waals surface area (Å²) >= 11 is 0. The molecule has 0 aliphatic rings. The van der Waals surface area contributed by atoms with Crippen LogP contribution in [0.1, 0.15) is 53.8 Å². The van der Waals surface area contributed by atoms with Crippen LogP contribution in [0.2, 0.25) is 0 Å². The lowest BCUT2D eigenvalue weighted by Crippen LogP contribution is -2.12. The van der Waals surface area contributed by atoms with Gasteiger partial charge in [-0.15, -0.1) is 0 Å². The van der Waals surface area contributed by atoms with Gasteiger partial charge in [0.15, 0.2) is 0 Å². The summed E-state index contributed by atoms with van der Waals surface area (Å²) in [6.07, 6.45) is 3.00. The number of hydrogen-bond acceptors (Lipinski definition) is 5. The minimum atomic E-state index is -0.476. The molecule has 0 spiro atoms. The van der Waals surface area contributed by atoms with E-state index in [4.69, 9.17) is 14.2 Å². The predicted molar refractivity (Wildman–Crippen MR) is 128 cm³/mol. The van der Waals surface area contributed by atoms with Crippen molar-refractivity contribution in [2.24, 2.45) is 0 Å². The molecule has 0 atom stereocenters. The molecule has 0 aliphatic carbocycles. The van der Waals surface area contributed by atoms with E-state index in [1.54, 1.807) is 60.7 Å². The first kappa shape index (κ1) is 23.9. The van der Waals surface area contributed by atoms with Crippen LogP contribution in [0, 0.1) is 0 Å². The van der Waals surface area contributed by atoms with Crippen molar-refractivity contribution in [3.05, 3.63) is 83.9 Å². The summed E-state index contributed by atoms with van der Waals surface area (Å²) < 4.78 is 16.5. The standard InChI is InChI=1S/C27H29NO5/c1-3-5-19-32-24-16-10-22(11-17-24)28-26(29)20-6-14-25(15-7-20)33-27(30)21-8-12-23(13-9-21)31-18-4-2/h6-17H,3-5,18-19H2,1-2H3,(H,28,29). The van der Waals surface area contributed by atoms with Gasteiger partial charge in [0, 0.05) is 11.3 Å². The van der Waals surface area contributed by atoms with Gasteiger partial charge in [-0.2, -0.15) is 0 Å². The van der Waals surface area contributed by atoms with E-state index in [0.717, 1.165) is 25.0 Å². The highest BCUT2D eigenvalue weighted by molar-refractivity contribution is 6.04. The second kappa shape index (κ2) is 12.3. The maximum absolute atomic E-state index is 12.5. The minimum Gasteiger partial charge on any atom is -0.494 e. The SMILES string of the molecule is CCCCOc1ccc(NC(=O)c2ccc(OC(=O)c3ccc(OCCC)cc3)cc2)cc1. The first-order valence-corrected chi connectivity index (χ1v) is 11.2. The number of nitrogens with one attached hydrogen (secondary N) is 1. The molecule has 0 saturated heterocycles. The third-order valence-corrected chi connectivity index (χ3v) is 4.77. The molecule has 3 aromatic carbocycles. The Morgan fingerprint density at radius 1 is 0.667 bits per heavy atom. The molecule has 172 valence electrons. The van der Waals surface area contributed by atoms with E-state index in [1.165, 1.54) is 0 Å². The first-order valence-electron chi connectivity index (χ1n) is 11.2. The van der Waals surface area contributed by atoms with Gasteiger partial charge in [-0.1, -0.05) is 20.3 Å². The van der Waals surface area contributed by atoms with Crippen molar-refractivity contribution in [1.29, 1.82) is 0 Å². The van der Waals surface area contributed by atoms with Crippen molar-refractivity contribution in [1.82, 2.24) is 0 Å². The van der Waals surface area contributed by atoms with Crippen LogP contribution >= 0.6 is 0 Å². The maximum atomic E-state index is 12.5. The summed E-state index contributed by atoms with van der Waals surface area (Å²) in [5.74, 6) is 1.11. The van der Waals surface area contributed by atoms with Crippen molar-refractivity contribution in [3.63, 3.8) is 0 Å². The van der Waals surface area contributed by atoms with E-state index in [0.29, 0.717) is 41.5 Å². The summed E-state index contributed by atoms with van der Waals surface area (Å²) in [6.45, 7) is 5.45. The number of benzene rings is 3. The smallest absolute Gasteiger partial charge is 0.343 e. The lowest BCUT2D eigenvalue weighted by Gasteiger charge is -2.09. The predicted octanol–water partition coefficient (Wildman–Crippen LogP) is 6.13. The van der Waals surface area contributed by atoms with E-state index in [1.807, 2.05) is 19.1 Å². The zero-order chi connectivity index (χ0) is 23.5. The molecule has 33 heavy (non-hydrogen) atoms. The molecule has 0 aliphatic heterocycles. The third-order valence-electron chi connectivity index (χ3n) is 4.77. The number of esters is 1. The maximum Gasteiger partial charge on any atom is 0.343 e. The van der Waals surface area contributed by atoms with E-state index < -0.39 is 5.97 Å². The fourth-order valence-electron chi connectivity index (χ4n) is 2.92. The van der Waals surface area contributed by atoms with Gasteiger partial charge in [0.2, 0.25) is 0 Å². The number of anilines is 1. The molecule has 1 amide bonds. The van der Waals surface area contributed by atoms with Gasteiger partial charge in [-0.25, -0.2) is 4.79 Å². The van der Waals surface area contributed by atoms with Gasteiger partial charge in [-0.05, 0) is 85.6 Å². The zero-order valence-electron chi connectivity index (χ0n) is 19.0. The highest BCUT2D eigenvalue weighted by Crippen LogP contribution is 2.19. The Morgan fingerprint density at radius 3 is 1.82 bits per heavy atom. The van der Waals surface area contributed by atoms with Crippen LogP contribution in [0.25, 0.3) is 0 Å². The van der Waals surface area contributed by atoms with Crippen molar-refractivity contribution in [2.45, 2.75) is 33.1 Å². The highest BCUT2D eigenvalue weighted by atomic mass is 16.5. The van der Waals surface area contributed by atoms with Crippen LogP contribution in [0.3, 0.4) is 0 Å². The summed E-state index contributed by atoms with van der Waals surface area (Å²) in [5.41, 5.74) is 1.54. The molecular weight excluding hydrogens is 418 g/mol. The van der Waals surface area contributed by atoms with Crippen molar-refractivity contribution in [2.75, 3.05) is 18.5 Å². The van der Waals surface area contributed by atoms with Crippen molar-refractivity contribution < 1.29 is 23.8 Å². The van der Waals surface area contributed by atoms with Gasteiger partial charge in [-0.3, -0.25) is 4.79 Å². The van der Waals surface area contributed by atoms with Gasteiger partial charge < -0.3 is 19.5 Å². The number of hydrogen-bond donors (Lipinski definition) is 1. The summed E-state index contributed by atoms with van der Waals surface area (Å²) in [5, 5.41) is 2.84. The molecule has 0 fully saturated rings. The monoisotopic (exact) mass is 447 g/mol. The van der Waals surface area contributed by atoms with E-state index in [2.05, 4.69) is 12.2 Å². The highest BCUT2D eigenvalue weighted by Gasteiger charge is 2.11. The Balaban J connectivity index is 1.52. The molecule has 0 radical (unpaired) electrons. The Bertz CT molecular complexity index is 1030. The van der Waals surface area contributed by atoms with Gasteiger partial charge >= 0.3 is 5.97 Å². The Kier molecular flexibility index (Phi) is 8.88. The van der Waals surface area contributed by atoms with E-state index >= 15 is 0 Å². The molecule has 1 N–H and O–H groups in total. The first-order chi connectivity index (χ1) is 16.1. The molecule has 6 heteroatoms. The molecule has 6 nitrogen and oxygen atoms in total. The van der Waals surface area contributed by atoms with Crippen molar-refractivity contribution in [3.8, 4) is 17.2 Å². The fraction of sp³-hybridized carbons (Fsp3) is 0.259. The average Bonchev–Trinajstić information content (AvgIpc) is 2.84. The molecule has 3 aromatic rings. The number of amides is 1. The lowest BCUT2D eigenvalue weighted by molar-refractivity contribution is 0.0734. The third kappa shape index (κ3) is 7.38. The second-order valence-corrected chi connectivity index (χ2v) is 7.47. The molecule has 0 aromatic heterocycles. The number of carbonyl (C=O) groups excluding carboxylic acids is 2. The number of ether oxygens (including phenoxy) is 3. The number of unbranched alkanes of at least 4 members (excludes halogenated alkanes) is 1. The quantitative estimate of drug-likeness (QED) is 0.218. The Labute approximate surface area is 194 Å². The number of carbonyl (C=O) groups is 2. The largest absolute Gasteiger partial charge is 0.494 e. The fourth-order valence-corrected chi connectivity index (χ4v) is 2.92. The molecule has 0 bridgehead atoms. The molecule has 0 saturated carbocycles. The van der Waals surface area contributed by atoms with Crippen LogP contribution in [-0.2, 0) is 0 Å². The van der Waals surface area contributed by atoms with Crippen LogP contribution in [0.15, 0.2) is 72.8 Å². The molecule has 3 rings (SSSR count). The van der Waals surface area contributed by atoms with Crippen LogP contribution in [-0.4, -0.2) is 25.1 Å². The van der Waals surface area contributed by atoms with E-state index in [9.17, 15) is 9.59 Å². The van der Waals surface area contributed by atoms with Crippen molar-refractivity contribution >= 4 is 17.6 Å². The minimum absolute atomic E-state index is 0.254. The number of rotatable bonds is 11. The summed E-state index contributed by atoms with van der Waals surface area (Å²) in [4.78, 5) is 24.9. The average molecular weight is 448 g/mol. The van der Waals surface area contributed by atoms with Gasteiger partial charge in [0.1, 0.15) is 17.2 Å². The molecular formula is C27H29NO5. The molecule has 0 heterocycles. The Morgan fingerprint density at radius 2 is 1.21 bits per heavy atom. The Hall–Kier alpha value is -3.80. The topological polar surface area (TPSA) is 73.9 Å². The second-order valence-electron chi connectivity index (χ2n) is 7.47. The summed E-state index contributed by atoms with van der Waals surface area (Å²) in [6, 6.07) is 20.5. The zero-order valence-corrected chi connectivity index (χ0v) is 19.0. The van der Waals surface area contributed by atoms with E-state index in [-0.39, 0.29) is 5.91 Å².